The Morgan fingerprint density at radius 3 is 2.69 bits per heavy atom. The molecule has 0 spiro atoms. The minimum Gasteiger partial charge on any atom is -0.465 e. The van der Waals surface area contributed by atoms with Gasteiger partial charge in [0, 0.05) is 12.2 Å². The van der Waals surface area contributed by atoms with Crippen LogP contribution in [-0.2, 0) is 4.74 Å². The highest BCUT2D eigenvalue weighted by Gasteiger charge is 2.15. The Balaban J connectivity index is 3.03. The number of carbonyl (C=O) groups excluding carboxylic acids is 1. The fourth-order valence-corrected chi connectivity index (χ4v) is 0.937. The third kappa shape index (κ3) is 1.80. The van der Waals surface area contributed by atoms with Crippen molar-refractivity contribution in [1.82, 2.24) is 9.78 Å². The summed E-state index contributed by atoms with van der Waals surface area (Å²) in [7, 11) is 1.31. The number of anilines is 1. The first kappa shape index (κ1) is 9.57. The number of nitrogens with two attached hydrogens (primary N) is 1. The fraction of sp³-hybridized carbons (Fsp3) is 0.500. The summed E-state index contributed by atoms with van der Waals surface area (Å²) in [4.78, 5) is 11.1. The molecule has 0 saturated carbocycles. The molecule has 13 heavy (non-hydrogen) atoms. The van der Waals surface area contributed by atoms with E-state index in [0.29, 0.717) is 5.56 Å². The number of nitrogens with zero attached hydrogens (tertiary/aromatic N) is 2. The molecule has 1 heterocycles. The molecule has 1 aromatic rings. The van der Waals surface area contributed by atoms with Crippen LogP contribution in [0.3, 0.4) is 0 Å². The minimum absolute atomic E-state index is 0.181. The average Bonchev–Trinajstić information content (AvgIpc) is 2.46. The van der Waals surface area contributed by atoms with E-state index >= 15 is 0 Å². The van der Waals surface area contributed by atoms with E-state index in [0.717, 1.165) is 0 Å². The van der Waals surface area contributed by atoms with Crippen molar-refractivity contribution in [2.75, 3.05) is 12.8 Å². The maximum Gasteiger partial charge on any atom is 0.343 e. The molecule has 1 aromatic heterocycles. The van der Waals surface area contributed by atoms with Crippen LogP contribution in [0.25, 0.3) is 0 Å². The lowest BCUT2D eigenvalue weighted by molar-refractivity contribution is 0.0602. The van der Waals surface area contributed by atoms with Crippen molar-refractivity contribution >= 4 is 11.8 Å². The van der Waals surface area contributed by atoms with Gasteiger partial charge >= 0.3 is 5.97 Å². The molecule has 0 bridgehead atoms. The van der Waals surface area contributed by atoms with Crippen LogP contribution in [-0.4, -0.2) is 22.9 Å². The number of hydrogen-bond acceptors (Lipinski definition) is 4. The number of nitrogen functional groups attached to an aromatic ring is 1. The lowest BCUT2D eigenvalue weighted by Crippen LogP contribution is -2.02. The number of hydrogen-bond donors (Lipinski definition) is 1. The van der Waals surface area contributed by atoms with Gasteiger partial charge in [-0.15, -0.1) is 0 Å². The van der Waals surface area contributed by atoms with E-state index in [9.17, 15) is 4.79 Å². The molecule has 0 saturated heterocycles. The van der Waals surface area contributed by atoms with Crippen LogP contribution in [0.4, 0.5) is 5.82 Å². The number of aromatic nitrogens is 2. The predicted molar refractivity (Wildman–Crippen MR) is 48.4 cm³/mol. The number of carbonyl (C=O) groups is 1. The molecule has 72 valence electrons. The zero-order valence-corrected chi connectivity index (χ0v) is 7.94. The number of esters is 1. The van der Waals surface area contributed by atoms with Gasteiger partial charge < -0.3 is 10.5 Å². The molecule has 0 aliphatic heterocycles. The number of methoxy groups -OCH3 is 1. The van der Waals surface area contributed by atoms with E-state index in [1.165, 1.54) is 7.11 Å². The van der Waals surface area contributed by atoms with Crippen molar-refractivity contribution in [3.8, 4) is 0 Å². The van der Waals surface area contributed by atoms with Crippen LogP contribution in [0.5, 0.6) is 0 Å². The second-order valence-corrected chi connectivity index (χ2v) is 2.99. The summed E-state index contributed by atoms with van der Waals surface area (Å²) < 4.78 is 6.16. The molecule has 2 N–H and O–H groups in total. The monoisotopic (exact) mass is 183 g/mol. The molecular weight excluding hydrogens is 170 g/mol. The summed E-state index contributed by atoms with van der Waals surface area (Å²) in [6.45, 7) is 3.90. The highest BCUT2D eigenvalue weighted by atomic mass is 16.5. The SMILES string of the molecule is COC(=O)c1cn(C(C)C)nc1N. The first-order valence-corrected chi connectivity index (χ1v) is 3.99. The summed E-state index contributed by atoms with van der Waals surface area (Å²) in [5.74, 6) is -0.245. The van der Waals surface area contributed by atoms with Crippen LogP contribution in [0, 0.1) is 0 Å². The molecule has 0 atom stereocenters. The van der Waals surface area contributed by atoms with Gasteiger partial charge in [-0.3, -0.25) is 4.68 Å². The van der Waals surface area contributed by atoms with Crippen LogP contribution in [0.2, 0.25) is 0 Å². The van der Waals surface area contributed by atoms with Crippen molar-refractivity contribution in [1.29, 1.82) is 0 Å². The second-order valence-electron chi connectivity index (χ2n) is 2.99. The van der Waals surface area contributed by atoms with Gasteiger partial charge in [-0.2, -0.15) is 5.10 Å². The van der Waals surface area contributed by atoms with Gasteiger partial charge in [0.2, 0.25) is 0 Å². The molecule has 0 aliphatic carbocycles. The molecule has 0 unspecified atom stereocenters. The molecule has 1 rings (SSSR count). The smallest absolute Gasteiger partial charge is 0.343 e. The molecular formula is C8H13N3O2. The van der Waals surface area contributed by atoms with E-state index in [-0.39, 0.29) is 11.9 Å². The zero-order valence-electron chi connectivity index (χ0n) is 7.94. The van der Waals surface area contributed by atoms with Crippen molar-refractivity contribution in [3.05, 3.63) is 11.8 Å². The maximum atomic E-state index is 11.1. The van der Waals surface area contributed by atoms with Gasteiger partial charge in [-0.1, -0.05) is 0 Å². The van der Waals surface area contributed by atoms with Crippen LogP contribution in [0.15, 0.2) is 6.20 Å². The first-order valence-electron chi connectivity index (χ1n) is 3.99. The second kappa shape index (κ2) is 3.47. The lowest BCUT2D eigenvalue weighted by atomic mass is 10.3. The quantitative estimate of drug-likeness (QED) is 0.689. The van der Waals surface area contributed by atoms with E-state index in [4.69, 9.17) is 5.73 Å². The normalized spacial score (nSPS) is 10.5. The van der Waals surface area contributed by atoms with Gasteiger partial charge in [0.15, 0.2) is 5.82 Å². The molecule has 0 amide bonds. The summed E-state index contributed by atoms with van der Waals surface area (Å²) in [5, 5.41) is 3.97. The topological polar surface area (TPSA) is 70.1 Å². The summed E-state index contributed by atoms with van der Waals surface area (Å²) >= 11 is 0. The summed E-state index contributed by atoms with van der Waals surface area (Å²) in [6, 6.07) is 0.181. The Morgan fingerprint density at radius 1 is 1.69 bits per heavy atom. The van der Waals surface area contributed by atoms with Gasteiger partial charge in [0.05, 0.1) is 7.11 Å². The predicted octanol–water partition coefficient (Wildman–Crippen LogP) is 0.833. The van der Waals surface area contributed by atoms with E-state index in [1.54, 1.807) is 10.9 Å². The fourth-order valence-electron chi connectivity index (χ4n) is 0.937. The highest BCUT2D eigenvalue weighted by molar-refractivity contribution is 5.93. The Morgan fingerprint density at radius 2 is 2.31 bits per heavy atom. The third-order valence-electron chi connectivity index (χ3n) is 1.69. The van der Waals surface area contributed by atoms with Gasteiger partial charge in [0.1, 0.15) is 5.56 Å². The standard InChI is InChI=1S/C8H13N3O2/c1-5(2)11-4-6(7(9)10-11)8(12)13-3/h4-5H,1-3H3,(H2,9,10). The van der Waals surface area contributed by atoms with Crippen molar-refractivity contribution in [2.45, 2.75) is 19.9 Å². The van der Waals surface area contributed by atoms with Crippen LogP contribution in [0.1, 0.15) is 30.2 Å². The van der Waals surface area contributed by atoms with Crippen molar-refractivity contribution in [2.24, 2.45) is 0 Å². The highest BCUT2D eigenvalue weighted by Crippen LogP contribution is 2.13. The number of ether oxygens (including phenoxy) is 1. The van der Waals surface area contributed by atoms with Crippen molar-refractivity contribution in [3.63, 3.8) is 0 Å². The van der Waals surface area contributed by atoms with Crippen LogP contribution >= 0.6 is 0 Å². The van der Waals surface area contributed by atoms with E-state index < -0.39 is 5.97 Å². The lowest BCUT2D eigenvalue weighted by Gasteiger charge is -2.02. The molecule has 0 fully saturated rings. The van der Waals surface area contributed by atoms with Gasteiger partial charge in [0.25, 0.3) is 0 Å². The molecule has 0 radical (unpaired) electrons. The summed E-state index contributed by atoms with van der Waals surface area (Å²) in [5.41, 5.74) is 5.84. The first-order chi connectivity index (χ1) is 6.06. The van der Waals surface area contributed by atoms with Gasteiger partial charge in [-0.25, -0.2) is 4.79 Å². The Kier molecular flexibility index (Phi) is 2.55. The molecule has 5 nitrogen and oxygen atoms in total. The van der Waals surface area contributed by atoms with Gasteiger partial charge in [-0.05, 0) is 13.8 Å². The zero-order chi connectivity index (χ0) is 10.0. The maximum absolute atomic E-state index is 11.1. The average molecular weight is 183 g/mol. The Labute approximate surface area is 76.5 Å². The summed E-state index contributed by atoms with van der Waals surface area (Å²) in [6.07, 6.45) is 1.59. The van der Waals surface area contributed by atoms with E-state index in [2.05, 4.69) is 9.84 Å². The third-order valence-corrected chi connectivity index (χ3v) is 1.69. The molecule has 0 aromatic carbocycles. The van der Waals surface area contributed by atoms with E-state index in [1.807, 2.05) is 13.8 Å². The largest absolute Gasteiger partial charge is 0.465 e. The molecule has 0 aliphatic rings. The minimum atomic E-state index is -0.454. The van der Waals surface area contributed by atoms with Crippen LogP contribution < -0.4 is 5.73 Å². The molecule has 5 heteroatoms. The van der Waals surface area contributed by atoms with Crippen molar-refractivity contribution < 1.29 is 9.53 Å². The Bertz CT molecular complexity index is 317. The number of rotatable bonds is 2. The Hall–Kier alpha value is -1.52.